The van der Waals surface area contributed by atoms with Gasteiger partial charge in [-0.05, 0) is 76.6 Å². The zero-order valence-corrected chi connectivity index (χ0v) is 34.2. The number of methoxy groups -OCH3 is 2. The lowest BCUT2D eigenvalue weighted by Crippen LogP contribution is -2.39. The average Bonchev–Trinajstić information content (AvgIpc) is 3.72. The number of rotatable bonds is 12. The zero-order valence-electron chi connectivity index (χ0n) is 32.7. The van der Waals surface area contributed by atoms with E-state index in [1.807, 2.05) is 27.7 Å². The van der Waals surface area contributed by atoms with Crippen LogP contribution in [0.4, 0.5) is 26.3 Å². The first-order valence-electron chi connectivity index (χ1n) is 17.7. The highest BCUT2D eigenvalue weighted by Gasteiger charge is 2.40. The van der Waals surface area contributed by atoms with Gasteiger partial charge in [0.15, 0.2) is 28.2 Å². The molecule has 308 valence electrons. The Labute approximate surface area is 324 Å². The normalized spacial score (nSPS) is 12.2. The summed E-state index contributed by atoms with van der Waals surface area (Å²) < 4.78 is 103. The van der Waals surface area contributed by atoms with Crippen LogP contribution in [-0.2, 0) is 57.1 Å². The van der Waals surface area contributed by atoms with E-state index < -0.39 is 39.6 Å². The molecular weight excluding hydrogens is 806 g/mol. The van der Waals surface area contributed by atoms with Crippen molar-refractivity contribution in [3.63, 3.8) is 0 Å². The second-order valence-corrected chi connectivity index (χ2v) is 15.6. The van der Waals surface area contributed by atoms with E-state index in [0.29, 0.717) is 72.9 Å². The number of carbonyl (C=O) groups excluding carboxylic acids is 2. The van der Waals surface area contributed by atoms with Gasteiger partial charge in [-0.1, -0.05) is 79.6 Å². The second-order valence-electron chi connectivity index (χ2n) is 13.6. The van der Waals surface area contributed by atoms with Crippen LogP contribution in [0.5, 0.6) is 11.5 Å². The van der Waals surface area contributed by atoms with Crippen molar-refractivity contribution in [1.82, 2.24) is 10.3 Å². The Balaban J connectivity index is 0.000000326. The summed E-state index contributed by atoms with van der Waals surface area (Å²) in [6.45, 7) is 14.2. The number of aromatic hydroxyl groups is 1. The molecule has 0 saturated carbocycles. The number of phenolic OH excluding ortho intramolecular Hbond substituents is 1. The molecule has 0 unspecified atom stereocenters. The molecule has 2 aromatic heterocycles. The summed E-state index contributed by atoms with van der Waals surface area (Å²) in [5, 5.41) is 16.4. The quantitative estimate of drug-likeness (QED) is 0.0834. The lowest BCUT2D eigenvalue weighted by Gasteiger charge is -2.27. The molecule has 17 heteroatoms. The molecule has 1 N–H and O–H groups in total. The monoisotopic (exact) mass is 854 g/mol. The third-order valence-electron chi connectivity index (χ3n) is 8.08. The summed E-state index contributed by atoms with van der Waals surface area (Å²) in [7, 11) is 2.62. The molecule has 0 aliphatic rings. The fourth-order valence-electron chi connectivity index (χ4n) is 5.57. The molecular formula is C38H49BrF6N2O8. The van der Waals surface area contributed by atoms with Gasteiger partial charge in [-0.3, -0.25) is 4.79 Å². The number of esters is 2. The minimum atomic E-state index is -4.62. The van der Waals surface area contributed by atoms with Crippen LogP contribution < -0.4 is 4.74 Å². The lowest BCUT2D eigenvalue weighted by molar-refractivity contribution is -0.156. The van der Waals surface area contributed by atoms with Crippen LogP contribution >= 0.6 is 15.9 Å². The van der Waals surface area contributed by atoms with Gasteiger partial charge in [0.2, 0.25) is 0 Å². The van der Waals surface area contributed by atoms with Gasteiger partial charge in [0, 0.05) is 11.1 Å². The molecule has 55 heavy (non-hydrogen) atoms. The van der Waals surface area contributed by atoms with Crippen LogP contribution in [0.3, 0.4) is 0 Å². The SMILES string of the molecule is CCCc1cc2c(C(F)(F)F)noc2c(CCC)c1O.CCCc1cc2c(C(F)(F)F)noc2c(CCC)c1OC(C)(C)C(=O)OC.COC(=O)C(C)(C)Br. The molecule has 0 amide bonds. The van der Waals surface area contributed by atoms with E-state index >= 15 is 0 Å². The Hall–Kier alpha value is -4.02. The maximum absolute atomic E-state index is 13.3. The van der Waals surface area contributed by atoms with Crippen LogP contribution in [0, 0.1) is 0 Å². The van der Waals surface area contributed by atoms with Crippen LogP contribution in [0.25, 0.3) is 21.9 Å². The molecule has 4 aromatic rings. The van der Waals surface area contributed by atoms with E-state index in [2.05, 4.69) is 31.0 Å². The number of aryl methyl sites for hydroxylation is 4. The molecule has 2 aromatic carbocycles. The third kappa shape index (κ3) is 11.7. The summed E-state index contributed by atoms with van der Waals surface area (Å²) in [5.41, 5.74) is -1.31. The van der Waals surface area contributed by atoms with Crippen molar-refractivity contribution in [2.45, 2.75) is 129 Å². The van der Waals surface area contributed by atoms with E-state index in [9.17, 15) is 41.0 Å². The van der Waals surface area contributed by atoms with Gasteiger partial charge in [0.25, 0.3) is 0 Å². The maximum Gasteiger partial charge on any atom is 0.437 e. The minimum Gasteiger partial charge on any atom is -0.507 e. The van der Waals surface area contributed by atoms with Crippen LogP contribution in [0.15, 0.2) is 21.2 Å². The van der Waals surface area contributed by atoms with E-state index in [1.165, 1.54) is 26.4 Å². The molecule has 2 heterocycles. The smallest absolute Gasteiger partial charge is 0.437 e. The summed E-state index contributed by atoms with van der Waals surface area (Å²) in [4.78, 5) is 22.6. The number of alkyl halides is 7. The Morgan fingerprint density at radius 2 is 1.09 bits per heavy atom. The van der Waals surface area contributed by atoms with Crippen molar-refractivity contribution in [3.8, 4) is 11.5 Å². The summed E-state index contributed by atoms with van der Waals surface area (Å²) in [6.07, 6.45) is -4.53. The Kier molecular flexibility index (Phi) is 16.5. The Bertz CT molecular complexity index is 1910. The highest BCUT2D eigenvalue weighted by molar-refractivity contribution is 9.10. The first-order chi connectivity index (χ1) is 25.4. The number of halogens is 7. The standard InChI is InChI=1S/C19H24F3NO4.C14H16F3NO2.C5H9BrO2/c1-6-8-11-10-13-15(27-23-16(13)19(20,21)22)12(9-7-2)14(11)26-18(3,4)17(24)25-5;1-3-5-8-7-10-12(9(6-4-2)11(8)19)20-18-13(10)14(15,16)17;1-5(2,6)4(7)8-3/h10H,6-9H2,1-5H3;7,19H,3-6H2,1-2H3;1-3H3. The van der Waals surface area contributed by atoms with E-state index in [4.69, 9.17) is 18.5 Å². The number of hydrogen-bond acceptors (Lipinski definition) is 10. The maximum atomic E-state index is 13.3. The lowest BCUT2D eigenvalue weighted by atomic mass is 9.97. The average molecular weight is 856 g/mol. The van der Waals surface area contributed by atoms with Crippen molar-refractivity contribution in [2.75, 3.05) is 14.2 Å². The van der Waals surface area contributed by atoms with Gasteiger partial charge < -0.3 is 28.4 Å². The molecule has 0 atom stereocenters. The number of aromatic nitrogens is 2. The summed E-state index contributed by atoms with van der Waals surface area (Å²) in [6, 6.07) is 2.74. The highest BCUT2D eigenvalue weighted by Crippen LogP contribution is 2.42. The predicted octanol–water partition coefficient (Wildman–Crippen LogP) is 10.9. The molecule has 0 fully saturated rings. The van der Waals surface area contributed by atoms with Crippen LogP contribution in [0.1, 0.15) is 115 Å². The Morgan fingerprint density at radius 1 is 0.691 bits per heavy atom. The fourth-order valence-corrected chi connectivity index (χ4v) is 5.74. The zero-order chi connectivity index (χ0) is 42.1. The summed E-state index contributed by atoms with van der Waals surface area (Å²) in [5.74, 6) is -0.434. The summed E-state index contributed by atoms with van der Waals surface area (Å²) >= 11 is 3.13. The minimum absolute atomic E-state index is 0.0334. The number of fused-ring (bicyclic) bond motifs is 2. The second kappa shape index (κ2) is 19.2. The molecule has 0 aliphatic carbocycles. The van der Waals surface area contributed by atoms with Gasteiger partial charge in [0.1, 0.15) is 15.8 Å². The first kappa shape index (κ1) is 47.1. The topological polar surface area (TPSA) is 134 Å². The molecule has 0 bridgehead atoms. The highest BCUT2D eigenvalue weighted by atomic mass is 79.9. The number of benzene rings is 2. The number of phenols is 1. The van der Waals surface area contributed by atoms with Crippen molar-refractivity contribution < 1.29 is 64.3 Å². The predicted molar refractivity (Wildman–Crippen MR) is 197 cm³/mol. The number of carbonyl (C=O) groups is 2. The molecule has 10 nitrogen and oxygen atoms in total. The third-order valence-corrected chi connectivity index (χ3v) is 8.40. The molecule has 0 spiro atoms. The van der Waals surface area contributed by atoms with Crippen LogP contribution in [-0.4, -0.2) is 51.5 Å². The Morgan fingerprint density at radius 3 is 1.47 bits per heavy atom. The molecule has 4 rings (SSSR count). The van der Waals surface area contributed by atoms with E-state index in [0.717, 1.165) is 6.42 Å². The number of nitrogens with zero attached hydrogens (tertiary/aromatic N) is 2. The first-order valence-corrected chi connectivity index (χ1v) is 18.5. The largest absolute Gasteiger partial charge is 0.507 e. The van der Waals surface area contributed by atoms with Gasteiger partial charge >= 0.3 is 24.3 Å². The van der Waals surface area contributed by atoms with Crippen molar-refractivity contribution in [2.24, 2.45) is 0 Å². The van der Waals surface area contributed by atoms with E-state index in [1.54, 1.807) is 27.7 Å². The number of ether oxygens (including phenoxy) is 3. The van der Waals surface area contributed by atoms with Gasteiger partial charge in [-0.2, -0.15) is 26.3 Å². The van der Waals surface area contributed by atoms with Gasteiger partial charge in [-0.15, -0.1) is 0 Å². The fraction of sp³-hybridized carbons (Fsp3) is 0.579. The van der Waals surface area contributed by atoms with Crippen LogP contribution in [0.2, 0.25) is 0 Å². The van der Waals surface area contributed by atoms with Gasteiger partial charge in [0.05, 0.1) is 25.0 Å². The van der Waals surface area contributed by atoms with E-state index in [-0.39, 0.29) is 33.7 Å². The molecule has 0 radical (unpaired) electrons. The molecule has 0 aliphatic heterocycles. The van der Waals surface area contributed by atoms with Crippen molar-refractivity contribution in [1.29, 1.82) is 0 Å². The van der Waals surface area contributed by atoms with Crippen molar-refractivity contribution in [3.05, 3.63) is 45.8 Å². The molecule has 0 saturated heterocycles. The van der Waals surface area contributed by atoms with Crippen molar-refractivity contribution >= 4 is 49.8 Å². The number of hydrogen-bond donors (Lipinski definition) is 1. The van der Waals surface area contributed by atoms with Gasteiger partial charge in [-0.25, -0.2) is 4.79 Å².